The number of carboxylic acid groups (broad SMARTS) is 1. The van der Waals surface area contributed by atoms with Crippen molar-refractivity contribution in [1.82, 2.24) is 20.5 Å². The zero-order valence-electron chi connectivity index (χ0n) is 28.7. The van der Waals surface area contributed by atoms with Gasteiger partial charge in [-0.2, -0.15) is 0 Å². The third kappa shape index (κ3) is 7.63. The molecule has 5 rings (SSSR count). The van der Waals surface area contributed by atoms with E-state index in [4.69, 9.17) is 19.2 Å². The van der Waals surface area contributed by atoms with Gasteiger partial charge in [0.15, 0.2) is 0 Å². The smallest absolute Gasteiger partial charge is 0.408 e. The van der Waals surface area contributed by atoms with Gasteiger partial charge in [0.05, 0.1) is 24.9 Å². The second-order valence-electron chi connectivity index (χ2n) is 13.9. The number of likely N-dealkylation sites (tertiary alicyclic amines) is 1. The van der Waals surface area contributed by atoms with Crippen molar-refractivity contribution in [3.05, 3.63) is 67.3 Å². The van der Waals surface area contributed by atoms with Crippen LogP contribution >= 0.6 is 0 Å². The molecule has 2 fully saturated rings. The third-order valence-corrected chi connectivity index (χ3v) is 8.82. The Morgan fingerprint density at radius 2 is 1.82 bits per heavy atom. The number of nitrogens with zero attached hydrogens (tertiary/aromatic N) is 2. The summed E-state index contributed by atoms with van der Waals surface area (Å²) in [6, 6.07) is 14.8. The van der Waals surface area contributed by atoms with Crippen LogP contribution in [0.3, 0.4) is 0 Å². The number of alkyl carbamates (subject to hydrolysis) is 1. The van der Waals surface area contributed by atoms with E-state index in [1.807, 2.05) is 48.5 Å². The third-order valence-electron chi connectivity index (χ3n) is 8.82. The molecule has 5 atom stereocenters. The number of methoxy groups -OCH3 is 1. The second kappa shape index (κ2) is 13.8. The molecule has 1 saturated heterocycles. The summed E-state index contributed by atoms with van der Waals surface area (Å²) in [5.41, 5.74) is -0.137. The number of carboxylic acids is 1. The van der Waals surface area contributed by atoms with Crippen molar-refractivity contribution in [2.45, 2.75) is 76.8 Å². The van der Waals surface area contributed by atoms with Gasteiger partial charge in [-0.3, -0.25) is 9.59 Å². The molecule has 0 bridgehead atoms. The SMILES string of the molecule is C=CC1C[C@]1(NC(=O)[C@@H]1C[C@@H](Oc2cc(-c3ccccc3)nc3cc(OC)ccc23)CN1C(=O)[C@@H](NC(=O)OC(C)(C)C)C(C)C)C(=O)O. The van der Waals surface area contributed by atoms with Crippen molar-refractivity contribution >= 4 is 34.8 Å². The lowest BCUT2D eigenvalue weighted by Gasteiger charge is -2.31. The van der Waals surface area contributed by atoms with Crippen molar-refractivity contribution in [3.8, 4) is 22.8 Å². The van der Waals surface area contributed by atoms with Crippen LogP contribution in [0.15, 0.2) is 67.3 Å². The van der Waals surface area contributed by atoms with Crippen molar-refractivity contribution < 1.29 is 38.5 Å². The number of nitrogens with one attached hydrogen (secondary N) is 2. The van der Waals surface area contributed by atoms with Gasteiger partial charge < -0.3 is 34.9 Å². The van der Waals surface area contributed by atoms with Crippen LogP contribution < -0.4 is 20.1 Å². The van der Waals surface area contributed by atoms with Crippen molar-refractivity contribution in [2.75, 3.05) is 13.7 Å². The molecule has 1 aromatic heterocycles. The lowest BCUT2D eigenvalue weighted by molar-refractivity contribution is -0.146. The minimum absolute atomic E-state index is 0.00172. The van der Waals surface area contributed by atoms with Crippen LogP contribution in [0.5, 0.6) is 11.5 Å². The number of aromatic nitrogens is 1. The fraction of sp³-hybridized carbons (Fsp3) is 0.432. The number of carbonyl (C=O) groups is 4. The average Bonchev–Trinajstić information content (AvgIpc) is 3.61. The summed E-state index contributed by atoms with van der Waals surface area (Å²) in [5, 5.41) is 16.1. The Balaban J connectivity index is 1.49. The average molecular weight is 673 g/mol. The van der Waals surface area contributed by atoms with Crippen LogP contribution in [-0.4, -0.2) is 81.8 Å². The Labute approximate surface area is 285 Å². The molecule has 49 heavy (non-hydrogen) atoms. The number of fused-ring (bicyclic) bond motifs is 1. The molecule has 3 amide bonds. The normalized spacial score (nSPS) is 22.3. The van der Waals surface area contributed by atoms with E-state index in [0.717, 1.165) is 5.56 Å². The summed E-state index contributed by atoms with van der Waals surface area (Å²) in [6.07, 6.45) is 0.341. The Hall–Kier alpha value is -5.13. The van der Waals surface area contributed by atoms with Crippen LogP contribution in [0.4, 0.5) is 4.79 Å². The van der Waals surface area contributed by atoms with Crippen molar-refractivity contribution in [1.29, 1.82) is 0 Å². The van der Waals surface area contributed by atoms with Crippen LogP contribution in [0.25, 0.3) is 22.2 Å². The number of hydrogen-bond donors (Lipinski definition) is 3. The summed E-state index contributed by atoms with van der Waals surface area (Å²) >= 11 is 0. The van der Waals surface area contributed by atoms with Crippen LogP contribution in [-0.2, 0) is 19.1 Å². The van der Waals surface area contributed by atoms with Gasteiger partial charge in [-0.25, -0.2) is 14.6 Å². The number of benzene rings is 2. The predicted molar refractivity (Wildman–Crippen MR) is 183 cm³/mol. The van der Waals surface area contributed by atoms with Crippen LogP contribution in [0.2, 0.25) is 0 Å². The summed E-state index contributed by atoms with van der Waals surface area (Å²) in [4.78, 5) is 59.4. The highest BCUT2D eigenvalue weighted by atomic mass is 16.6. The molecule has 2 aromatic carbocycles. The summed E-state index contributed by atoms with van der Waals surface area (Å²) in [6.45, 7) is 12.4. The highest BCUT2D eigenvalue weighted by molar-refractivity contribution is 5.96. The highest BCUT2D eigenvalue weighted by Gasteiger charge is 2.61. The number of pyridine rings is 1. The van der Waals surface area contributed by atoms with Crippen LogP contribution in [0, 0.1) is 11.8 Å². The van der Waals surface area contributed by atoms with Crippen molar-refractivity contribution in [3.63, 3.8) is 0 Å². The summed E-state index contributed by atoms with van der Waals surface area (Å²) < 4.78 is 17.5. The number of ether oxygens (including phenoxy) is 3. The maximum Gasteiger partial charge on any atom is 0.408 e. The molecule has 2 heterocycles. The standard InChI is InChI=1S/C37H44N4O8/c1-8-23-19-37(23,34(44)45)40-32(42)29-17-25(20-41(29)33(43)31(21(2)3)39-35(46)49-36(4,5)6)48-30-18-27(22-12-10-9-11-13-22)38-28-16-24(47-7)14-15-26(28)30/h8-16,18,21,23,25,29,31H,1,17,19-20H2,2-7H3,(H,39,46)(H,40,42)(H,44,45)/t23?,25-,29+,31+,37-/m1/s1. The largest absolute Gasteiger partial charge is 0.497 e. The molecule has 1 aliphatic carbocycles. The molecule has 3 aromatic rings. The summed E-state index contributed by atoms with van der Waals surface area (Å²) in [7, 11) is 1.57. The van der Waals surface area contributed by atoms with Crippen molar-refractivity contribution in [2.24, 2.45) is 11.8 Å². The molecular formula is C37H44N4O8. The van der Waals surface area contributed by atoms with Gasteiger partial charge in [0, 0.05) is 35.4 Å². The molecular weight excluding hydrogens is 628 g/mol. The molecule has 1 aliphatic heterocycles. The quantitative estimate of drug-likeness (QED) is 0.240. The number of carbonyl (C=O) groups excluding carboxylic acids is 3. The van der Waals surface area contributed by atoms with E-state index in [-0.39, 0.29) is 25.3 Å². The number of aliphatic carboxylic acids is 1. The maximum atomic E-state index is 14.2. The number of hydrogen-bond acceptors (Lipinski definition) is 8. The maximum absolute atomic E-state index is 14.2. The Morgan fingerprint density at radius 3 is 2.41 bits per heavy atom. The monoisotopic (exact) mass is 672 g/mol. The van der Waals surface area contributed by atoms with Gasteiger partial charge in [0.25, 0.3) is 0 Å². The molecule has 2 aliphatic rings. The van der Waals surface area contributed by atoms with Gasteiger partial charge in [-0.05, 0) is 45.2 Å². The number of amides is 3. The lowest BCUT2D eigenvalue weighted by atomic mass is 10.0. The molecule has 3 N–H and O–H groups in total. The molecule has 1 saturated carbocycles. The van der Waals surface area contributed by atoms with E-state index < -0.39 is 59.1 Å². The molecule has 12 nitrogen and oxygen atoms in total. The topological polar surface area (TPSA) is 156 Å². The molecule has 0 spiro atoms. The Bertz CT molecular complexity index is 1750. The van der Waals surface area contributed by atoms with E-state index in [0.29, 0.717) is 28.1 Å². The molecule has 12 heteroatoms. The fourth-order valence-electron chi connectivity index (χ4n) is 6.16. The zero-order valence-corrected chi connectivity index (χ0v) is 28.7. The van der Waals surface area contributed by atoms with Gasteiger partial charge in [-0.15, -0.1) is 6.58 Å². The van der Waals surface area contributed by atoms with E-state index in [1.165, 1.54) is 11.0 Å². The van der Waals surface area contributed by atoms with Gasteiger partial charge >= 0.3 is 12.1 Å². The Morgan fingerprint density at radius 1 is 1.10 bits per heavy atom. The van der Waals surface area contributed by atoms with Crippen LogP contribution in [0.1, 0.15) is 47.5 Å². The molecule has 260 valence electrons. The lowest BCUT2D eigenvalue weighted by Crippen LogP contribution is -2.57. The van der Waals surface area contributed by atoms with Gasteiger partial charge in [0.2, 0.25) is 11.8 Å². The van der Waals surface area contributed by atoms with E-state index in [2.05, 4.69) is 17.2 Å². The number of rotatable bonds is 11. The molecule has 0 radical (unpaired) electrons. The van der Waals surface area contributed by atoms with Gasteiger partial charge in [0.1, 0.15) is 40.8 Å². The zero-order chi connectivity index (χ0) is 35.7. The first kappa shape index (κ1) is 35.2. The van der Waals surface area contributed by atoms with E-state index in [1.54, 1.807) is 47.8 Å². The summed E-state index contributed by atoms with van der Waals surface area (Å²) in [5.74, 6) is -2.01. The second-order valence-corrected chi connectivity index (χ2v) is 13.9. The fourth-order valence-corrected chi connectivity index (χ4v) is 6.16. The van der Waals surface area contributed by atoms with Gasteiger partial charge in [-0.1, -0.05) is 50.3 Å². The predicted octanol–water partition coefficient (Wildman–Crippen LogP) is 4.95. The first-order valence-corrected chi connectivity index (χ1v) is 16.3. The Kier molecular flexibility index (Phi) is 9.89. The minimum Gasteiger partial charge on any atom is -0.497 e. The van der Waals surface area contributed by atoms with E-state index in [9.17, 15) is 24.3 Å². The first-order chi connectivity index (χ1) is 23.2. The minimum atomic E-state index is -1.50. The molecule has 1 unspecified atom stereocenters. The highest BCUT2D eigenvalue weighted by Crippen LogP contribution is 2.45. The first-order valence-electron chi connectivity index (χ1n) is 16.3. The van der Waals surface area contributed by atoms with E-state index >= 15 is 0 Å².